The first kappa shape index (κ1) is 39.0. The van der Waals surface area contributed by atoms with Gasteiger partial charge in [0.05, 0.1) is 31.0 Å². The van der Waals surface area contributed by atoms with Gasteiger partial charge in [-0.15, -0.1) is 0 Å². The number of ketones is 2. The van der Waals surface area contributed by atoms with Crippen LogP contribution in [0.5, 0.6) is 11.6 Å². The van der Waals surface area contributed by atoms with Crippen LogP contribution in [0.25, 0.3) is 5.76 Å². The minimum absolute atomic E-state index is 0.0224. The summed E-state index contributed by atoms with van der Waals surface area (Å²) < 4.78 is 32.0. The van der Waals surface area contributed by atoms with Crippen molar-refractivity contribution in [3.05, 3.63) is 106 Å². The highest BCUT2D eigenvalue weighted by atomic mass is 28.4. The molecule has 0 amide bonds. The normalized spacial score (nSPS) is 23.7. The second-order valence-corrected chi connectivity index (χ2v) is 22.0. The second-order valence-electron chi connectivity index (χ2n) is 17.3. The summed E-state index contributed by atoms with van der Waals surface area (Å²) in [6.45, 7) is 12.8. The lowest BCUT2D eigenvalue weighted by Crippen LogP contribution is -2.69. The summed E-state index contributed by atoms with van der Waals surface area (Å²) in [7, 11) is 0.895. The maximum Gasteiger partial charge on any atom is 0.265 e. The van der Waals surface area contributed by atoms with E-state index in [1.54, 1.807) is 6.20 Å². The molecule has 1 saturated carbocycles. The van der Waals surface area contributed by atoms with Crippen LogP contribution in [0.4, 0.5) is 5.82 Å². The molecule has 4 aliphatic rings. The van der Waals surface area contributed by atoms with E-state index >= 15 is 9.59 Å². The van der Waals surface area contributed by atoms with Crippen LogP contribution in [0.3, 0.4) is 0 Å². The number of benzene rings is 2. The molecule has 0 bridgehead atoms. The van der Waals surface area contributed by atoms with Crippen LogP contribution >= 0.6 is 0 Å². The molecule has 2 aromatic heterocycles. The van der Waals surface area contributed by atoms with Crippen molar-refractivity contribution in [3.8, 4) is 11.6 Å². The summed E-state index contributed by atoms with van der Waals surface area (Å²) >= 11 is 0. The van der Waals surface area contributed by atoms with Crippen LogP contribution < -0.4 is 14.4 Å². The molecule has 0 spiro atoms. The molecule has 4 atom stereocenters. The van der Waals surface area contributed by atoms with Crippen LogP contribution in [-0.2, 0) is 33.6 Å². The summed E-state index contributed by atoms with van der Waals surface area (Å²) in [5.41, 5.74) is 1.32. The first-order chi connectivity index (χ1) is 27.2. The second kappa shape index (κ2) is 14.8. The highest BCUT2D eigenvalue weighted by molar-refractivity contribution is 6.74. The van der Waals surface area contributed by atoms with Crippen molar-refractivity contribution in [1.29, 1.82) is 0 Å². The number of aromatic nitrogens is 2. The molecular weight excluding hydrogens is 741 g/mol. The highest BCUT2D eigenvalue weighted by Gasteiger charge is 2.69. The molecule has 57 heavy (non-hydrogen) atoms. The van der Waals surface area contributed by atoms with E-state index in [2.05, 4.69) is 43.9 Å². The van der Waals surface area contributed by atoms with Crippen LogP contribution in [0.2, 0.25) is 18.1 Å². The number of rotatable bonds is 10. The number of anilines is 1. The lowest BCUT2D eigenvalue weighted by atomic mass is 9.57. The summed E-state index contributed by atoms with van der Waals surface area (Å²) in [6, 6.07) is 18.8. The quantitative estimate of drug-likeness (QED) is 0.127. The largest absolute Gasteiger partial charge is 0.507 e. The zero-order valence-corrected chi connectivity index (χ0v) is 34.8. The molecule has 1 unspecified atom stereocenters. The number of aliphatic hydroxyl groups excluding tert-OH is 1. The number of fused-ring (bicyclic) bond motifs is 4. The van der Waals surface area contributed by atoms with Crippen molar-refractivity contribution >= 4 is 31.5 Å². The van der Waals surface area contributed by atoms with E-state index in [4.69, 9.17) is 28.1 Å². The van der Waals surface area contributed by atoms with Gasteiger partial charge in [-0.25, -0.2) is 4.98 Å². The average molecular weight is 793 g/mol. The Morgan fingerprint density at radius 1 is 0.930 bits per heavy atom. The minimum Gasteiger partial charge on any atom is -0.507 e. The zero-order valence-electron chi connectivity index (χ0n) is 33.8. The van der Waals surface area contributed by atoms with Gasteiger partial charge < -0.3 is 33.2 Å². The van der Waals surface area contributed by atoms with Gasteiger partial charge in [0.2, 0.25) is 11.6 Å². The van der Waals surface area contributed by atoms with Crippen molar-refractivity contribution < 1.29 is 37.9 Å². The van der Waals surface area contributed by atoms with E-state index in [0.717, 1.165) is 16.7 Å². The Labute approximate surface area is 334 Å². The maximum absolute atomic E-state index is 16.0. The van der Waals surface area contributed by atoms with E-state index in [9.17, 15) is 5.11 Å². The standard InChI is InChI=1S/C44H52N4O8Si/c1-43(2,3)57(6,7)56-44-31(36(48-18-20-52-21-19-48)38-35(40(44)51)42(46-55-38)54-26-28-16-12-9-13-17-28)23-29-22-30-34(37(49)33(29)39(44)50)32(24-45-41(30)47(4)5)53-25-27-14-10-8-11-15-27/h8-17,24,29,31,36,49H,18-23,25-26H2,1-7H3/t29-,31-,36-,44?/m0/s1. The molecule has 13 heteroatoms. The van der Waals surface area contributed by atoms with Crippen LogP contribution in [0.1, 0.15) is 71.6 Å². The molecule has 1 N–H and O–H groups in total. The van der Waals surface area contributed by atoms with E-state index < -0.39 is 43.4 Å². The molecular formula is C44H52N4O8Si. The minimum atomic E-state index is -2.92. The first-order valence-electron chi connectivity index (χ1n) is 19.8. The number of ether oxygens (including phenoxy) is 3. The van der Waals surface area contributed by atoms with E-state index in [0.29, 0.717) is 62.0 Å². The molecule has 8 rings (SSSR count). The molecule has 12 nitrogen and oxygen atoms in total. The number of carbonyl (C=O) groups excluding carboxylic acids is 2. The van der Waals surface area contributed by atoms with Crippen LogP contribution in [-0.4, -0.2) is 86.0 Å². The Balaban J connectivity index is 1.32. The van der Waals surface area contributed by atoms with Crippen LogP contribution in [0.15, 0.2) is 77.0 Å². The van der Waals surface area contributed by atoms with Gasteiger partial charge in [0.1, 0.15) is 36.1 Å². The van der Waals surface area contributed by atoms with Gasteiger partial charge in [0, 0.05) is 44.2 Å². The lowest BCUT2D eigenvalue weighted by Gasteiger charge is -2.56. The fraction of sp³-hybridized carbons (Fsp3) is 0.455. The molecule has 1 aliphatic heterocycles. The zero-order chi connectivity index (χ0) is 40.3. The van der Waals surface area contributed by atoms with Crippen molar-refractivity contribution in [3.63, 3.8) is 0 Å². The first-order valence-corrected chi connectivity index (χ1v) is 22.7. The van der Waals surface area contributed by atoms with Gasteiger partial charge in [-0.3, -0.25) is 14.5 Å². The molecule has 1 saturated heterocycles. The third kappa shape index (κ3) is 6.67. The number of aliphatic hydroxyl groups is 1. The van der Waals surface area contributed by atoms with Gasteiger partial charge in [-0.1, -0.05) is 81.4 Å². The van der Waals surface area contributed by atoms with Gasteiger partial charge in [-0.2, -0.15) is 0 Å². The van der Waals surface area contributed by atoms with Crippen LogP contribution in [0, 0.1) is 11.8 Å². The van der Waals surface area contributed by atoms with E-state index in [1.165, 1.54) is 0 Å². The highest BCUT2D eigenvalue weighted by Crippen LogP contribution is 2.59. The molecule has 300 valence electrons. The Morgan fingerprint density at radius 2 is 1.56 bits per heavy atom. The topological polar surface area (TPSA) is 137 Å². The molecule has 4 aromatic rings. The Bertz CT molecular complexity index is 2190. The monoisotopic (exact) mass is 792 g/mol. The molecule has 2 fully saturated rings. The fourth-order valence-corrected chi connectivity index (χ4v) is 10.2. The summed E-state index contributed by atoms with van der Waals surface area (Å²) in [5.74, 6) is -0.981. The number of hydrogen-bond donors (Lipinski definition) is 1. The van der Waals surface area contributed by atoms with E-state index in [-0.39, 0.29) is 41.0 Å². The summed E-state index contributed by atoms with van der Waals surface area (Å²) in [4.78, 5) is 40.6. The Morgan fingerprint density at radius 3 is 2.18 bits per heavy atom. The number of morpholine rings is 1. The Hall–Kier alpha value is -4.82. The third-order valence-electron chi connectivity index (χ3n) is 12.6. The third-order valence-corrected chi connectivity index (χ3v) is 17.0. The number of hydrogen-bond acceptors (Lipinski definition) is 12. The molecule has 2 aromatic carbocycles. The van der Waals surface area contributed by atoms with Crippen molar-refractivity contribution in [1.82, 2.24) is 15.0 Å². The maximum atomic E-state index is 16.0. The smallest absolute Gasteiger partial charge is 0.265 e. The van der Waals surface area contributed by atoms with Crippen molar-refractivity contribution in [2.75, 3.05) is 45.3 Å². The fourth-order valence-electron chi connectivity index (χ4n) is 8.73. The number of Topliss-reactive ketones (excluding diaryl/α,β-unsaturated/α-hetero) is 2. The predicted octanol–water partition coefficient (Wildman–Crippen LogP) is 7.35. The van der Waals surface area contributed by atoms with Gasteiger partial charge >= 0.3 is 0 Å². The predicted molar refractivity (Wildman–Crippen MR) is 217 cm³/mol. The van der Waals surface area contributed by atoms with E-state index in [1.807, 2.05) is 79.7 Å². The van der Waals surface area contributed by atoms with Gasteiger partial charge in [0.15, 0.2) is 19.7 Å². The summed E-state index contributed by atoms with van der Waals surface area (Å²) in [6.07, 6.45) is 2.36. The molecule has 3 aliphatic carbocycles. The number of carbonyl (C=O) groups is 2. The summed E-state index contributed by atoms with van der Waals surface area (Å²) in [5, 5.41) is 16.6. The molecule has 3 heterocycles. The SMILES string of the molecule is CN(C)c1ncc(OCc2ccccc2)c2c1C[C@H]1C[C@H]3[C@H](N4CCOCC4)c4onc(OCc5ccccc5)c4C(=O)C3(O[Si](C)(C)C(C)(C)C)C(=O)C1=C2O. The van der Waals surface area contributed by atoms with Crippen molar-refractivity contribution in [2.45, 2.75) is 76.6 Å². The van der Waals surface area contributed by atoms with Gasteiger partial charge in [0.25, 0.3) is 5.88 Å². The lowest BCUT2D eigenvalue weighted by molar-refractivity contribution is -0.143. The molecule has 0 radical (unpaired) electrons. The Kier molecular flexibility index (Phi) is 10.2. The number of pyridine rings is 1. The van der Waals surface area contributed by atoms with Crippen molar-refractivity contribution in [2.24, 2.45) is 11.8 Å². The van der Waals surface area contributed by atoms with Gasteiger partial charge in [-0.05, 0) is 53.2 Å². The number of nitrogens with zero attached hydrogens (tertiary/aromatic N) is 4. The average Bonchev–Trinajstić information content (AvgIpc) is 3.61.